The molecule has 21 heavy (non-hydrogen) atoms. The van der Waals surface area contributed by atoms with Gasteiger partial charge in [-0.3, -0.25) is 0 Å². The Labute approximate surface area is 131 Å². The van der Waals surface area contributed by atoms with Crippen molar-refractivity contribution in [1.29, 1.82) is 0 Å². The van der Waals surface area contributed by atoms with E-state index in [1.165, 1.54) is 5.56 Å². The first-order chi connectivity index (χ1) is 9.88. The summed E-state index contributed by atoms with van der Waals surface area (Å²) in [5.74, 6) is 1.90. The number of hydrogen-bond donors (Lipinski definition) is 0. The zero-order chi connectivity index (χ0) is 15.5. The Bertz CT molecular complexity index is 603. The van der Waals surface area contributed by atoms with Gasteiger partial charge >= 0.3 is 0 Å². The minimum Gasteiger partial charge on any atom is -0.439 e. The molecule has 112 valence electrons. The maximum Gasteiger partial charge on any atom is 0.224 e. The molecule has 0 saturated heterocycles. The van der Waals surface area contributed by atoms with Crippen LogP contribution in [0.3, 0.4) is 0 Å². The molecule has 2 rings (SSSR count). The number of halogens is 1. The quantitative estimate of drug-likeness (QED) is 0.731. The van der Waals surface area contributed by atoms with Crippen LogP contribution in [0.1, 0.15) is 45.5 Å². The number of hydrogen-bond acceptors (Lipinski definition) is 3. The van der Waals surface area contributed by atoms with Gasteiger partial charge in [-0.2, -0.15) is 4.98 Å². The van der Waals surface area contributed by atoms with Crippen molar-refractivity contribution >= 4 is 11.6 Å². The van der Waals surface area contributed by atoms with Crippen molar-refractivity contribution in [3.05, 3.63) is 46.9 Å². The van der Waals surface area contributed by atoms with E-state index in [0.717, 1.165) is 18.6 Å². The number of ether oxygens (including phenoxy) is 1. The lowest BCUT2D eigenvalue weighted by molar-refractivity contribution is 0.445. The van der Waals surface area contributed by atoms with Crippen molar-refractivity contribution in [2.45, 2.75) is 46.0 Å². The summed E-state index contributed by atoms with van der Waals surface area (Å²) < 4.78 is 5.79. The van der Waals surface area contributed by atoms with Gasteiger partial charge in [-0.1, -0.05) is 57.8 Å². The fourth-order valence-electron chi connectivity index (χ4n) is 1.92. The molecule has 0 saturated carbocycles. The van der Waals surface area contributed by atoms with Gasteiger partial charge in [0.05, 0.1) is 0 Å². The summed E-state index contributed by atoms with van der Waals surface area (Å²) in [5, 5.41) is 0.396. The summed E-state index contributed by atoms with van der Waals surface area (Å²) >= 11 is 6.06. The molecule has 3 nitrogen and oxygen atoms in total. The lowest BCUT2D eigenvalue weighted by atomic mass is 9.96. The van der Waals surface area contributed by atoms with E-state index in [-0.39, 0.29) is 5.41 Å². The SMILES string of the molecule is CCCc1ccc(Oc2cc(Cl)nc(C(C)(C)C)n2)cc1. The van der Waals surface area contributed by atoms with Gasteiger partial charge in [0, 0.05) is 11.5 Å². The van der Waals surface area contributed by atoms with Crippen LogP contribution in [0.5, 0.6) is 11.6 Å². The first-order valence-corrected chi connectivity index (χ1v) is 7.58. The Kier molecular flexibility index (Phi) is 4.84. The van der Waals surface area contributed by atoms with E-state index < -0.39 is 0 Å². The molecular formula is C17H21ClN2O. The van der Waals surface area contributed by atoms with E-state index in [4.69, 9.17) is 16.3 Å². The maximum absolute atomic E-state index is 6.06. The lowest BCUT2D eigenvalue weighted by Crippen LogP contribution is -2.16. The van der Waals surface area contributed by atoms with Crippen LogP contribution in [0.25, 0.3) is 0 Å². The molecule has 1 heterocycles. The van der Waals surface area contributed by atoms with Crippen LogP contribution >= 0.6 is 11.6 Å². The summed E-state index contributed by atoms with van der Waals surface area (Å²) in [6.45, 7) is 8.30. The average molecular weight is 305 g/mol. The second kappa shape index (κ2) is 6.44. The van der Waals surface area contributed by atoms with Crippen molar-refractivity contribution in [2.75, 3.05) is 0 Å². The fourth-order valence-corrected chi connectivity index (χ4v) is 2.09. The topological polar surface area (TPSA) is 35.0 Å². The standard InChI is InChI=1S/C17H21ClN2O/c1-5-6-12-7-9-13(10-8-12)21-15-11-14(18)19-16(20-15)17(2,3)4/h7-11H,5-6H2,1-4H3. The van der Waals surface area contributed by atoms with Gasteiger partial charge in [0.25, 0.3) is 0 Å². The van der Waals surface area contributed by atoms with E-state index in [9.17, 15) is 0 Å². The van der Waals surface area contributed by atoms with Gasteiger partial charge in [0.1, 0.15) is 16.7 Å². The second-order valence-electron chi connectivity index (χ2n) is 6.10. The zero-order valence-corrected chi connectivity index (χ0v) is 13.7. The highest BCUT2D eigenvalue weighted by atomic mass is 35.5. The number of aromatic nitrogens is 2. The third-order valence-electron chi connectivity index (χ3n) is 3.03. The van der Waals surface area contributed by atoms with E-state index in [2.05, 4.69) is 29.0 Å². The van der Waals surface area contributed by atoms with E-state index in [1.807, 2.05) is 32.9 Å². The molecule has 2 aromatic rings. The first-order valence-electron chi connectivity index (χ1n) is 7.20. The molecule has 0 aliphatic carbocycles. The molecule has 0 aliphatic rings. The van der Waals surface area contributed by atoms with Crippen LogP contribution in [0.4, 0.5) is 0 Å². The molecule has 0 bridgehead atoms. The highest BCUT2D eigenvalue weighted by molar-refractivity contribution is 6.29. The van der Waals surface area contributed by atoms with Gasteiger partial charge in [-0.25, -0.2) is 4.98 Å². The predicted octanol–water partition coefficient (Wildman–Crippen LogP) is 5.17. The van der Waals surface area contributed by atoms with Crippen molar-refractivity contribution in [3.8, 4) is 11.6 Å². The van der Waals surface area contributed by atoms with Crippen LogP contribution in [0, 0.1) is 0 Å². The van der Waals surface area contributed by atoms with Crippen molar-refractivity contribution in [3.63, 3.8) is 0 Å². The van der Waals surface area contributed by atoms with Gasteiger partial charge in [0.2, 0.25) is 5.88 Å². The third kappa shape index (κ3) is 4.43. The third-order valence-corrected chi connectivity index (χ3v) is 3.22. The Hall–Kier alpha value is -1.61. The van der Waals surface area contributed by atoms with Crippen LogP contribution in [0.2, 0.25) is 5.15 Å². The Morgan fingerprint density at radius 2 is 1.76 bits per heavy atom. The maximum atomic E-state index is 6.06. The summed E-state index contributed by atoms with van der Waals surface area (Å²) in [6.07, 6.45) is 2.21. The van der Waals surface area contributed by atoms with Gasteiger partial charge < -0.3 is 4.74 Å². The minimum atomic E-state index is -0.173. The molecule has 0 N–H and O–H groups in total. The van der Waals surface area contributed by atoms with Gasteiger partial charge in [-0.05, 0) is 24.1 Å². The summed E-state index contributed by atoms with van der Waals surface area (Å²) in [4.78, 5) is 8.70. The summed E-state index contributed by atoms with van der Waals surface area (Å²) in [7, 11) is 0. The summed E-state index contributed by atoms with van der Waals surface area (Å²) in [5.41, 5.74) is 1.13. The Morgan fingerprint density at radius 1 is 1.10 bits per heavy atom. The van der Waals surface area contributed by atoms with Crippen molar-refractivity contribution < 1.29 is 4.74 Å². The monoisotopic (exact) mass is 304 g/mol. The molecule has 0 fully saturated rings. The molecule has 0 unspecified atom stereocenters. The van der Waals surface area contributed by atoms with Gasteiger partial charge in [-0.15, -0.1) is 0 Å². The van der Waals surface area contributed by atoms with Crippen LogP contribution in [-0.4, -0.2) is 9.97 Å². The van der Waals surface area contributed by atoms with Crippen molar-refractivity contribution in [2.24, 2.45) is 0 Å². The fraction of sp³-hybridized carbons (Fsp3) is 0.412. The Balaban J connectivity index is 2.21. The van der Waals surface area contributed by atoms with Crippen LogP contribution < -0.4 is 4.74 Å². The molecule has 1 aromatic carbocycles. The van der Waals surface area contributed by atoms with E-state index >= 15 is 0 Å². The predicted molar refractivity (Wildman–Crippen MR) is 86.3 cm³/mol. The van der Waals surface area contributed by atoms with E-state index in [1.54, 1.807) is 6.07 Å². The van der Waals surface area contributed by atoms with E-state index in [0.29, 0.717) is 16.9 Å². The number of nitrogens with zero attached hydrogens (tertiary/aromatic N) is 2. The number of rotatable bonds is 4. The number of aryl methyl sites for hydroxylation is 1. The normalized spacial score (nSPS) is 11.5. The number of benzene rings is 1. The zero-order valence-electron chi connectivity index (χ0n) is 13.0. The molecule has 0 spiro atoms. The molecule has 0 aliphatic heterocycles. The molecular weight excluding hydrogens is 284 g/mol. The molecule has 4 heteroatoms. The second-order valence-corrected chi connectivity index (χ2v) is 6.49. The first kappa shape index (κ1) is 15.8. The highest BCUT2D eigenvalue weighted by Crippen LogP contribution is 2.26. The lowest BCUT2D eigenvalue weighted by Gasteiger charge is -2.17. The van der Waals surface area contributed by atoms with Crippen LogP contribution in [-0.2, 0) is 11.8 Å². The average Bonchev–Trinajstić information content (AvgIpc) is 2.40. The molecule has 0 atom stereocenters. The molecule has 0 radical (unpaired) electrons. The van der Waals surface area contributed by atoms with Crippen molar-refractivity contribution in [1.82, 2.24) is 9.97 Å². The smallest absolute Gasteiger partial charge is 0.224 e. The Morgan fingerprint density at radius 3 is 2.33 bits per heavy atom. The summed E-state index contributed by atoms with van der Waals surface area (Å²) in [6, 6.07) is 9.70. The van der Waals surface area contributed by atoms with Gasteiger partial charge in [0.15, 0.2) is 0 Å². The minimum absolute atomic E-state index is 0.173. The highest BCUT2D eigenvalue weighted by Gasteiger charge is 2.19. The van der Waals surface area contributed by atoms with Crippen LogP contribution in [0.15, 0.2) is 30.3 Å². The largest absolute Gasteiger partial charge is 0.439 e. The molecule has 1 aromatic heterocycles. The molecule has 0 amide bonds.